The zero-order valence-corrected chi connectivity index (χ0v) is 7.15. The summed E-state index contributed by atoms with van der Waals surface area (Å²) in [6.45, 7) is 0. The minimum atomic E-state index is -0.923. The third-order valence-corrected chi connectivity index (χ3v) is 3.09. The second-order valence-corrected chi connectivity index (χ2v) is 3.91. The number of methoxy groups -OCH3 is 1. The van der Waals surface area contributed by atoms with Crippen LogP contribution in [0.3, 0.4) is 0 Å². The average Bonchev–Trinajstić information content (AvgIpc) is 2.37. The molecule has 0 aromatic heterocycles. The summed E-state index contributed by atoms with van der Waals surface area (Å²) in [6, 6.07) is 0. The summed E-state index contributed by atoms with van der Waals surface area (Å²) in [7, 11) is 0.394. The zero-order valence-electron chi connectivity index (χ0n) is 6.33. The monoisotopic (exact) mass is 174 g/mol. The first-order valence-electron chi connectivity index (χ1n) is 3.41. The maximum absolute atomic E-state index is 11.1. The van der Waals surface area contributed by atoms with Gasteiger partial charge in [0.15, 0.2) is 0 Å². The molecule has 1 rings (SSSR count). The standard InChI is InChI=1S/C7H10O3S/c1-10-7(8)5-6-3-2-4-11(6)9/h5H,2-4H2,1H3/b6-5+. The molecule has 1 heterocycles. The number of carbonyl (C=O) groups excluding carboxylic acids is 1. The zero-order chi connectivity index (χ0) is 8.27. The van der Waals surface area contributed by atoms with Gasteiger partial charge in [-0.25, -0.2) is 4.79 Å². The molecule has 0 aromatic carbocycles. The quantitative estimate of drug-likeness (QED) is 0.431. The van der Waals surface area contributed by atoms with Crippen molar-refractivity contribution in [2.75, 3.05) is 12.9 Å². The van der Waals surface area contributed by atoms with Crippen LogP contribution in [0.25, 0.3) is 0 Å². The van der Waals surface area contributed by atoms with Crippen LogP contribution in [-0.4, -0.2) is 23.0 Å². The SMILES string of the molecule is COC(=O)/C=C1\CCCS1=O. The molecule has 1 atom stereocenters. The van der Waals surface area contributed by atoms with Crippen LogP contribution >= 0.6 is 0 Å². The fraction of sp³-hybridized carbons (Fsp3) is 0.571. The molecule has 0 radical (unpaired) electrons. The Hall–Kier alpha value is -0.640. The Morgan fingerprint density at radius 2 is 2.45 bits per heavy atom. The fourth-order valence-electron chi connectivity index (χ4n) is 0.951. The van der Waals surface area contributed by atoms with Gasteiger partial charge in [0, 0.05) is 27.5 Å². The summed E-state index contributed by atoms with van der Waals surface area (Å²) in [5.41, 5.74) is 0. The van der Waals surface area contributed by atoms with Crippen molar-refractivity contribution in [2.45, 2.75) is 12.8 Å². The van der Waals surface area contributed by atoms with Crippen LogP contribution in [0, 0.1) is 0 Å². The van der Waals surface area contributed by atoms with E-state index in [9.17, 15) is 9.00 Å². The van der Waals surface area contributed by atoms with Gasteiger partial charge in [-0.3, -0.25) is 4.21 Å². The van der Waals surface area contributed by atoms with Crippen LogP contribution in [0.4, 0.5) is 0 Å². The Morgan fingerprint density at radius 3 is 2.91 bits per heavy atom. The lowest BCUT2D eigenvalue weighted by Crippen LogP contribution is -1.98. The lowest BCUT2D eigenvalue weighted by Gasteiger charge is -1.93. The fourth-order valence-corrected chi connectivity index (χ4v) is 2.22. The third kappa shape index (κ3) is 2.15. The van der Waals surface area contributed by atoms with Crippen molar-refractivity contribution in [2.24, 2.45) is 0 Å². The molecule has 11 heavy (non-hydrogen) atoms. The smallest absolute Gasteiger partial charge is 0.331 e. The Kier molecular flexibility index (Phi) is 2.82. The van der Waals surface area contributed by atoms with E-state index < -0.39 is 16.8 Å². The first-order chi connectivity index (χ1) is 5.24. The Morgan fingerprint density at radius 1 is 1.73 bits per heavy atom. The lowest BCUT2D eigenvalue weighted by molar-refractivity contribution is -0.134. The van der Waals surface area contributed by atoms with Gasteiger partial charge in [-0.15, -0.1) is 0 Å². The molecule has 0 spiro atoms. The summed E-state index contributed by atoms with van der Waals surface area (Å²) >= 11 is 0. The normalized spacial score (nSPS) is 27.4. The highest BCUT2D eigenvalue weighted by atomic mass is 32.2. The van der Waals surface area contributed by atoms with Gasteiger partial charge in [0.2, 0.25) is 0 Å². The lowest BCUT2D eigenvalue weighted by atomic mass is 10.3. The van der Waals surface area contributed by atoms with Crippen LogP contribution in [0.5, 0.6) is 0 Å². The van der Waals surface area contributed by atoms with Gasteiger partial charge in [0.05, 0.1) is 7.11 Å². The maximum Gasteiger partial charge on any atom is 0.331 e. The Labute approximate surface area is 67.9 Å². The van der Waals surface area contributed by atoms with Gasteiger partial charge in [0.25, 0.3) is 0 Å². The molecule has 1 aliphatic heterocycles. The minimum absolute atomic E-state index is 0.407. The molecule has 0 saturated carbocycles. The number of rotatable bonds is 1. The molecule has 1 fully saturated rings. The van der Waals surface area contributed by atoms with Crippen LogP contribution in [0.2, 0.25) is 0 Å². The van der Waals surface area contributed by atoms with Crippen molar-refractivity contribution in [3.8, 4) is 0 Å². The predicted molar refractivity (Wildman–Crippen MR) is 42.3 cm³/mol. The van der Waals surface area contributed by atoms with Gasteiger partial charge in [0.1, 0.15) is 0 Å². The van der Waals surface area contributed by atoms with Gasteiger partial charge >= 0.3 is 5.97 Å². The van der Waals surface area contributed by atoms with E-state index in [0.29, 0.717) is 5.75 Å². The first-order valence-corrected chi connectivity index (χ1v) is 4.73. The van der Waals surface area contributed by atoms with E-state index in [1.165, 1.54) is 13.2 Å². The van der Waals surface area contributed by atoms with Crippen LogP contribution in [-0.2, 0) is 20.3 Å². The number of carbonyl (C=O) groups is 1. The van der Waals surface area contributed by atoms with Crippen molar-refractivity contribution in [1.29, 1.82) is 0 Å². The molecule has 4 heteroatoms. The van der Waals surface area contributed by atoms with E-state index in [1.54, 1.807) is 0 Å². The topological polar surface area (TPSA) is 43.4 Å². The van der Waals surface area contributed by atoms with E-state index in [-0.39, 0.29) is 0 Å². The van der Waals surface area contributed by atoms with Crippen molar-refractivity contribution >= 4 is 16.8 Å². The van der Waals surface area contributed by atoms with E-state index in [0.717, 1.165) is 17.7 Å². The number of hydrogen-bond acceptors (Lipinski definition) is 3. The maximum atomic E-state index is 11.1. The van der Waals surface area contributed by atoms with E-state index in [4.69, 9.17) is 0 Å². The van der Waals surface area contributed by atoms with Crippen molar-refractivity contribution in [1.82, 2.24) is 0 Å². The van der Waals surface area contributed by atoms with Gasteiger partial charge < -0.3 is 4.74 Å². The van der Waals surface area contributed by atoms with Crippen molar-refractivity contribution < 1.29 is 13.7 Å². The second kappa shape index (κ2) is 3.67. The molecule has 3 nitrogen and oxygen atoms in total. The van der Waals surface area contributed by atoms with E-state index in [2.05, 4.69) is 4.74 Å². The van der Waals surface area contributed by atoms with Crippen LogP contribution < -0.4 is 0 Å². The van der Waals surface area contributed by atoms with Crippen LogP contribution in [0.1, 0.15) is 12.8 Å². The van der Waals surface area contributed by atoms with Crippen molar-refractivity contribution in [3.05, 3.63) is 11.0 Å². The third-order valence-electron chi connectivity index (χ3n) is 1.53. The predicted octanol–water partition coefficient (Wildman–Crippen LogP) is 0.586. The number of esters is 1. The Bertz CT molecular complexity index is 220. The highest BCUT2D eigenvalue weighted by molar-refractivity contribution is 7.89. The van der Waals surface area contributed by atoms with Gasteiger partial charge in [-0.1, -0.05) is 0 Å². The molecular weight excluding hydrogens is 164 g/mol. The Balaban J connectivity index is 2.65. The molecule has 1 saturated heterocycles. The molecule has 1 unspecified atom stereocenters. The number of hydrogen-bond donors (Lipinski definition) is 0. The summed E-state index contributed by atoms with van der Waals surface area (Å²) in [4.78, 5) is 11.4. The summed E-state index contributed by atoms with van der Waals surface area (Å²) in [6.07, 6.45) is 3.01. The van der Waals surface area contributed by atoms with Gasteiger partial charge in [-0.05, 0) is 12.8 Å². The molecule has 0 aromatic rings. The molecule has 0 amide bonds. The summed E-state index contributed by atoms with van der Waals surface area (Å²) in [5.74, 6) is 0.276. The largest absolute Gasteiger partial charge is 0.466 e. The summed E-state index contributed by atoms with van der Waals surface area (Å²) in [5, 5.41) is 0. The summed E-state index contributed by atoms with van der Waals surface area (Å²) < 4.78 is 15.5. The molecular formula is C7H10O3S. The molecule has 0 bridgehead atoms. The van der Waals surface area contributed by atoms with E-state index >= 15 is 0 Å². The minimum Gasteiger partial charge on any atom is -0.466 e. The molecule has 1 aliphatic rings. The van der Waals surface area contributed by atoms with Crippen molar-refractivity contribution in [3.63, 3.8) is 0 Å². The first kappa shape index (κ1) is 8.46. The number of allylic oxidation sites excluding steroid dienone is 1. The highest BCUT2D eigenvalue weighted by Gasteiger charge is 2.16. The second-order valence-electron chi connectivity index (χ2n) is 2.29. The van der Waals surface area contributed by atoms with Gasteiger partial charge in [-0.2, -0.15) is 0 Å². The molecule has 0 aliphatic carbocycles. The molecule has 0 N–H and O–H groups in total. The molecule has 62 valence electrons. The highest BCUT2D eigenvalue weighted by Crippen LogP contribution is 2.19. The van der Waals surface area contributed by atoms with Crippen LogP contribution in [0.15, 0.2) is 11.0 Å². The average molecular weight is 174 g/mol. The van der Waals surface area contributed by atoms with E-state index in [1.807, 2.05) is 0 Å². The number of ether oxygens (including phenoxy) is 1.